The van der Waals surface area contributed by atoms with Crippen LogP contribution in [0.3, 0.4) is 0 Å². The van der Waals surface area contributed by atoms with E-state index in [1.807, 2.05) is 0 Å². The summed E-state index contributed by atoms with van der Waals surface area (Å²) in [5.74, 6) is -2.64. The number of carbonyl (C=O) groups is 2. The van der Waals surface area contributed by atoms with Crippen LogP contribution in [0, 0.1) is 5.82 Å². The lowest BCUT2D eigenvalue weighted by molar-refractivity contribution is -0.132. The van der Waals surface area contributed by atoms with Gasteiger partial charge in [0.2, 0.25) is 0 Å². The van der Waals surface area contributed by atoms with Gasteiger partial charge in [-0.2, -0.15) is 0 Å². The van der Waals surface area contributed by atoms with Crippen molar-refractivity contribution in [3.05, 3.63) is 104 Å². The molecule has 1 fully saturated rings. The van der Waals surface area contributed by atoms with E-state index in [4.69, 9.17) is 34.8 Å². The Hall–Kier alpha value is -2.86. The van der Waals surface area contributed by atoms with Crippen LogP contribution in [-0.2, 0) is 9.59 Å². The minimum absolute atomic E-state index is 0.144. The van der Waals surface area contributed by atoms with E-state index in [0.29, 0.717) is 15.6 Å². The molecule has 1 unspecified atom stereocenters. The van der Waals surface area contributed by atoms with Crippen LogP contribution >= 0.6 is 34.8 Å². The van der Waals surface area contributed by atoms with E-state index in [2.05, 4.69) is 0 Å². The number of aliphatic hydroxyl groups excluding tert-OH is 1. The Balaban J connectivity index is 1.97. The third-order valence-electron chi connectivity index (χ3n) is 4.91. The fourth-order valence-electron chi connectivity index (χ4n) is 3.49. The second-order valence-corrected chi connectivity index (χ2v) is 8.08. The van der Waals surface area contributed by atoms with Gasteiger partial charge in [-0.3, -0.25) is 14.5 Å². The molecule has 1 aliphatic heterocycles. The Labute approximate surface area is 192 Å². The summed E-state index contributed by atoms with van der Waals surface area (Å²) >= 11 is 18.2. The lowest BCUT2D eigenvalue weighted by Gasteiger charge is -2.25. The molecule has 156 valence electrons. The number of hydrogen-bond donors (Lipinski definition) is 1. The highest BCUT2D eigenvalue weighted by atomic mass is 35.5. The molecule has 3 aromatic carbocycles. The monoisotopic (exact) mass is 475 g/mol. The summed E-state index contributed by atoms with van der Waals surface area (Å²) in [5.41, 5.74) is 0.857. The largest absolute Gasteiger partial charge is 0.507 e. The van der Waals surface area contributed by atoms with Crippen molar-refractivity contribution in [2.24, 2.45) is 0 Å². The maximum absolute atomic E-state index is 13.5. The zero-order valence-electron chi connectivity index (χ0n) is 15.7. The molecule has 0 aliphatic carbocycles. The maximum Gasteiger partial charge on any atom is 0.300 e. The average Bonchev–Trinajstić information content (AvgIpc) is 3.01. The molecule has 4 rings (SSSR count). The van der Waals surface area contributed by atoms with Gasteiger partial charge in [-0.1, -0.05) is 53.0 Å². The molecule has 8 heteroatoms. The number of benzene rings is 3. The predicted molar refractivity (Wildman–Crippen MR) is 119 cm³/mol. The Morgan fingerprint density at radius 3 is 2.26 bits per heavy atom. The number of anilines is 1. The number of nitrogens with zero attached hydrogens (tertiary/aromatic N) is 1. The molecule has 0 radical (unpaired) electrons. The zero-order chi connectivity index (χ0) is 22.3. The molecular weight excluding hydrogens is 464 g/mol. The number of halogens is 4. The maximum atomic E-state index is 13.5. The van der Waals surface area contributed by atoms with Gasteiger partial charge < -0.3 is 5.11 Å². The summed E-state index contributed by atoms with van der Waals surface area (Å²) in [4.78, 5) is 27.2. The number of amides is 1. The highest BCUT2D eigenvalue weighted by Crippen LogP contribution is 2.43. The molecular formula is C23H13Cl3FNO3. The molecule has 3 aromatic rings. The quantitative estimate of drug-likeness (QED) is 0.270. The molecule has 1 N–H and O–H groups in total. The first kappa shape index (κ1) is 21.4. The van der Waals surface area contributed by atoms with E-state index in [1.54, 1.807) is 24.3 Å². The van der Waals surface area contributed by atoms with Crippen molar-refractivity contribution in [2.45, 2.75) is 6.04 Å². The van der Waals surface area contributed by atoms with E-state index in [1.165, 1.54) is 47.4 Å². The van der Waals surface area contributed by atoms with Crippen molar-refractivity contribution in [3.63, 3.8) is 0 Å². The van der Waals surface area contributed by atoms with Gasteiger partial charge in [0.05, 0.1) is 21.7 Å². The molecule has 4 nitrogen and oxygen atoms in total. The number of hydrogen-bond acceptors (Lipinski definition) is 3. The highest BCUT2D eigenvalue weighted by Gasteiger charge is 2.47. The SMILES string of the molecule is O=C1C(=O)N(c2ccc(F)cc2)C(c2ccc(Cl)c(Cl)c2)/C1=C(/O)c1cccc(Cl)c1. The van der Waals surface area contributed by atoms with E-state index in [0.717, 1.165) is 0 Å². The van der Waals surface area contributed by atoms with Crippen LogP contribution in [0.15, 0.2) is 72.3 Å². The first-order valence-electron chi connectivity index (χ1n) is 9.05. The molecule has 1 amide bonds. The summed E-state index contributed by atoms with van der Waals surface area (Å²) in [6.45, 7) is 0. The Morgan fingerprint density at radius 1 is 0.903 bits per heavy atom. The van der Waals surface area contributed by atoms with Gasteiger partial charge in [-0.15, -0.1) is 0 Å². The predicted octanol–water partition coefficient (Wildman–Crippen LogP) is 6.41. The first-order valence-corrected chi connectivity index (χ1v) is 10.2. The summed E-state index contributed by atoms with van der Waals surface area (Å²) in [7, 11) is 0. The van der Waals surface area contributed by atoms with Crippen molar-refractivity contribution in [3.8, 4) is 0 Å². The molecule has 0 bridgehead atoms. The number of carbonyl (C=O) groups excluding carboxylic acids is 2. The van der Waals surface area contributed by atoms with Crippen LogP contribution in [0.1, 0.15) is 17.2 Å². The van der Waals surface area contributed by atoms with Gasteiger partial charge in [-0.05, 0) is 54.1 Å². The average molecular weight is 477 g/mol. The molecule has 1 atom stereocenters. The molecule has 0 aromatic heterocycles. The number of aliphatic hydroxyl groups is 1. The summed E-state index contributed by atoms with van der Waals surface area (Å²) in [5, 5.41) is 11.9. The van der Waals surface area contributed by atoms with Gasteiger partial charge in [0.1, 0.15) is 11.6 Å². The normalized spacial score (nSPS) is 17.9. The minimum atomic E-state index is -1.01. The molecule has 1 saturated heterocycles. The summed E-state index contributed by atoms with van der Waals surface area (Å²) in [6.07, 6.45) is 0. The number of ketones is 1. The van der Waals surface area contributed by atoms with E-state index in [9.17, 15) is 19.1 Å². The smallest absolute Gasteiger partial charge is 0.300 e. The molecule has 0 saturated carbocycles. The lowest BCUT2D eigenvalue weighted by Crippen LogP contribution is -2.29. The van der Waals surface area contributed by atoms with Gasteiger partial charge in [0.25, 0.3) is 11.7 Å². The Bertz CT molecular complexity index is 1240. The van der Waals surface area contributed by atoms with Crippen LogP contribution in [0.4, 0.5) is 10.1 Å². The van der Waals surface area contributed by atoms with Crippen molar-refractivity contribution in [1.29, 1.82) is 0 Å². The summed E-state index contributed by atoms with van der Waals surface area (Å²) in [6, 6.07) is 15.0. The van der Waals surface area contributed by atoms with Crippen LogP contribution in [0.2, 0.25) is 15.1 Å². The fourth-order valence-corrected chi connectivity index (χ4v) is 3.99. The van der Waals surface area contributed by atoms with E-state index >= 15 is 0 Å². The van der Waals surface area contributed by atoms with Gasteiger partial charge in [-0.25, -0.2) is 4.39 Å². The van der Waals surface area contributed by atoms with Gasteiger partial charge in [0, 0.05) is 16.3 Å². The lowest BCUT2D eigenvalue weighted by atomic mass is 9.95. The molecule has 0 spiro atoms. The van der Waals surface area contributed by atoms with E-state index in [-0.39, 0.29) is 27.6 Å². The highest BCUT2D eigenvalue weighted by molar-refractivity contribution is 6.52. The number of Topliss-reactive ketones (excluding diaryl/α,β-unsaturated/α-hetero) is 1. The van der Waals surface area contributed by atoms with Crippen molar-refractivity contribution >= 4 is 57.9 Å². The third kappa shape index (κ3) is 3.92. The Kier molecular flexibility index (Phi) is 5.75. The van der Waals surface area contributed by atoms with Crippen LogP contribution in [0.5, 0.6) is 0 Å². The Morgan fingerprint density at radius 2 is 1.61 bits per heavy atom. The molecule has 1 aliphatic rings. The standard InChI is InChI=1S/C23H13Cl3FNO3/c24-14-3-1-2-13(10-14)21(29)19-20(12-4-9-17(25)18(26)11-12)28(23(31)22(19)30)16-7-5-15(27)6-8-16/h1-11,20,29H/b21-19-. The van der Waals surface area contributed by atoms with E-state index < -0.39 is 23.5 Å². The van der Waals surface area contributed by atoms with Crippen LogP contribution < -0.4 is 4.90 Å². The molecule has 31 heavy (non-hydrogen) atoms. The summed E-state index contributed by atoms with van der Waals surface area (Å²) < 4.78 is 13.5. The molecule has 1 heterocycles. The topological polar surface area (TPSA) is 57.6 Å². The van der Waals surface area contributed by atoms with Crippen molar-refractivity contribution < 1.29 is 19.1 Å². The van der Waals surface area contributed by atoms with Crippen molar-refractivity contribution in [1.82, 2.24) is 0 Å². The second-order valence-electron chi connectivity index (χ2n) is 6.83. The second kappa shape index (κ2) is 8.35. The minimum Gasteiger partial charge on any atom is -0.507 e. The zero-order valence-corrected chi connectivity index (χ0v) is 17.9. The van der Waals surface area contributed by atoms with Crippen LogP contribution in [0.25, 0.3) is 5.76 Å². The number of rotatable bonds is 3. The van der Waals surface area contributed by atoms with Gasteiger partial charge >= 0.3 is 0 Å². The fraction of sp³-hybridized carbons (Fsp3) is 0.0435. The first-order chi connectivity index (χ1) is 14.8. The van der Waals surface area contributed by atoms with Gasteiger partial charge in [0.15, 0.2) is 0 Å². The van der Waals surface area contributed by atoms with Crippen LogP contribution in [-0.4, -0.2) is 16.8 Å². The third-order valence-corrected chi connectivity index (χ3v) is 5.88. The van der Waals surface area contributed by atoms with Crippen molar-refractivity contribution in [2.75, 3.05) is 4.90 Å².